The van der Waals surface area contributed by atoms with Gasteiger partial charge in [-0.3, -0.25) is 4.79 Å². The van der Waals surface area contributed by atoms with Crippen molar-refractivity contribution in [3.8, 4) is 0 Å². The number of thiophene rings is 1. The fourth-order valence-electron chi connectivity index (χ4n) is 1.24. The van der Waals surface area contributed by atoms with Crippen molar-refractivity contribution in [1.29, 1.82) is 0 Å². The summed E-state index contributed by atoms with van der Waals surface area (Å²) in [7, 11) is 0. The van der Waals surface area contributed by atoms with E-state index < -0.39 is 5.97 Å². The minimum Gasteiger partial charge on any atom is -0.477 e. The standard InChI is InChI=1S/C11H15NO4S/c1-3-16-7(2)6-12-10(13)8-4-5-9(17-8)11(14)15/h4-5,7H,3,6H2,1-2H3,(H,12,13)(H,14,15). The van der Waals surface area contributed by atoms with Crippen molar-refractivity contribution >= 4 is 23.2 Å². The Morgan fingerprint density at radius 2 is 2.12 bits per heavy atom. The Bertz CT molecular complexity index is 402. The zero-order valence-corrected chi connectivity index (χ0v) is 10.5. The quantitative estimate of drug-likeness (QED) is 0.811. The Kier molecular flexibility index (Phi) is 5.11. The Balaban J connectivity index is 2.49. The Morgan fingerprint density at radius 1 is 1.47 bits per heavy atom. The molecule has 0 fully saturated rings. The number of nitrogens with one attached hydrogen (secondary N) is 1. The SMILES string of the molecule is CCOC(C)CNC(=O)c1ccc(C(=O)O)s1. The first kappa shape index (κ1) is 13.7. The van der Waals surface area contributed by atoms with Crippen LogP contribution in [0, 0.1) is 0 Å². The summed E-state index contributed by atoms with van der Waals surface area (Å²) in [6.07, 6.45) is -0.0529. The number of hydrogen-bond donors (Lipinski definition) is 2. The van der Waals surface area contributed by atoms with Crippen molar-refractivity contribution in [3.63, 3.8) is 0 Å². The summed E-state index contributed by atoms with van der Waals surface area (Å²) < 4.78 is 5.27. The van der Waals surface area contributed by atoms with E-state index in [0.29, 0.717) is 18.0 Å². The highest BCUT2D eigenvalue weighted by Gasteiger charge is 2.13. The molecule has 0 aromatic carbocycles. The zero-order valence-electron chi connectivity index (χ0n) is 9.73. The number of carbonyl (C=O) groups excluding carboxylic acids is 1. The molecule has 17 heavy (non-hydrogen) atoms. The summed E-state index contributed by atoms with van der Waals surface area (Å²) in [5, 5.41) is 11.4. The van der Waals surface area contributed by atoms with Crippen molar-refractivity contribution in [2.45, 2.75) is 20.0 Å². The first-order valence-electron chi connectivity index (χ1n) is 5.27. The molecule has 0 aliphatic rings. The van der Waals surface area contributed by atoms with E-state index in [9.17, 15) is 9.59 Å². The average Bonchev–Trinajstić information content (AvgIpc) is 2.75. The van der Waals surface area contributed by atoms with Crippen LogP contribution in [-0.2, 0) is 4.74 Å². The summed E-state index contributed by atoms with van der Waals surface area (Å²) in [6, 6.07) is 2.93. The molecule has 5 nitrogen and oxygen atoms in total. The van der Waals surface area contributed by atoms with Crippen LogP contribution in [0.15, 0.2) is 12.1 Å². The predicted molar refractivity (Wildman–Crippen MR) is 64.7 cm³/mol. The maximum atomic E-state index is 11.6. The van der Waals surface area contributed by atoms with Crippen LogP contribution in [0.3, 0.4) is 0 Å². The van der Waals surface area contributed by atoms with Crippen LogP contribution in [0.25, 0.3) is 0 Å². The molecule has 1 amide bonds. The van der Waals surface area contributed by atoms with E-state index in [1.807, 2.05) is 13.8 Å². The van der Waals surface area contributed by atoms with Gasteiger partial charge in [-0.05, 0) is 26.0 Å². The van der Waals surface area contributed by atoms with Crippen LogP contribution in [-0.4, -0.2) is 36.2 Å². The molecule has 0 spiro atoms. The first-order chi connectivity index (χ1) is 8.04. The third-order valence-corrected chi connectivity index (χ3v) is 3.11. The van der Waals surface area contributed by atoms with Crippen LogP contribution >= 0.6 is 11.3 Å². The lowest BCUT2D eigenvalue weighted by Crippen LogP contribution is -2.31. The maximum Gasteiger partial charge on any atom is 0.345 e. The number of rotatable bonds is 6. The second-order valence-electron chi connectivity index (χ2n) is 3.45. The lowest BCUT2D eigenvalue weighted by Gasteiger charge is -2.11. The first-order valence-corrected chi connectivity index (χ1v) is 6.09. The third-order valence-electron chi connectivity index (χ3n) is 2.04. The van der Waals surface area contributed by atoms with Crippen molar-refractivity contribution < 1.29 is 19.4 Å². The highest BCUT2D eigenvalue weighted by atomic mass is 32.1. The van der Waals surface area contributed by atoms with Gasteiger partial charge in [0.1, 0.15) is 4.88 Å². The number of carbonyl (C=O) groups is 2. The predicted octanol–water partition coefficient (Wildman–Crippen LogP) is 1.60. The summed E-state index contributed by atoms with van der Waals surface area (Å²) >= 11 is 0.962. The fraction of sp³-hybridized carbons (Fsp3) is 0.455. The van der Waals surface area contributed by atoms with Gasteiger partial charge in [0.15, 0.2) is 0 Å². The molecule has 1 aromatic heterocycles. The number of amides is 1. The molecule has 1 unspecified atom stereocenters. The Morgan fingerprint density at radius 3 is 2.65 bits per heavy atom. The van der Waals surface area contributed by atoms with Gasteiger partial charge in [0, 0.05) is 13.2 Å². The van der Waals surface area contributed by atoms with Gasteiger partial charge in [0.25, 0.3) is 5.91 Å². The smallest absolute Gasteiger partial charge is 0.345 e. The maximum absolute atomic E-state index is 11.6. The number of carboxylic acid groups (broad SMARTS) is 1. The van der Waals surface area contributed by atoms with Crippen molar-refractivity contribution in [2.24, 2.45) is 0 Å². The van der Waals surface area contributed by atoms with E-state index in [2.05, 4.69) is 5.32 Å². The second kappa shape index (κ2) is 6.36. The molecule has 1 atom stereocenters. The molecule has 2 N–H and O–H groups in total. The van der Waals surface area contributed by atoms with Gasteiger partial charge in [-0.1, -0.05) is 0 Å². The van der Waals surface area contributed by atoms with E-state index >= 15 is 0 Å². The molecule has 0 bridgehead atoms. The van der Waals surface area contributed by atoms with Crippen LogP contribution in [0.5, 0.6) is 0 Å². The lowest BCUT2D eigenvalue weighted by atomic mass is 10.3. The minimum atomic E-state index is -1.02. The van der Waals surface area contributed by atoms with Gasteiger partial charge in [0.2, 0.25) is 0 Å². The van der Waals surface area contributed by atoms with Crippen molar-refractivity contribution in [2.75, 3.05) is 13.2 Å². The highest BCUT2D eigenvalue weighted by Crippen LogP contribution is 2.16. The van der Waals surface area contributed by atoms with Gasteiger partial charge in [-0.2, -0.15) is 0 Å². The molecule has 0 saturated heterocycles. The van der Waals surface area contributed by atoms with Gasteiger partial charge in [-0.25, -0.2) is 4.79 Å². The Labute approximate surface area is 103 Å². The topological polar surface area (TPSA) is 75.6 Å². The highest BCUT2D eigenvalue weighted by molar-refractivity contribution is 7.15. The number of aromatic carboxylic acids is 1. The number of hydrogen-bond acceptors (Lipinski definition) is 4. The molecule has 0 aliphatic heterocycles. The molecular formula is C11H15NO4S. The molecule has 94 valence electrons. The van der Waals surface area contributed by atoms with Gasteiger partial charge in [0.05, 0.1) is 11.0 Å². The van der Waals surface area contributed by atoms with Crippen molar-refractivity contribution in [1.82, 2.24) is 5.32 Å². The second-order valence-corrected chi connectivity index (χ2v) is 4.53. The van der Waals surface area contributed by atoms with Gasteiger partial charge < -0.3 is 15.2 Å². The third kappa shape index (κ3) is 4.16. The number of carboxylic acids is 1. The normalized spacial score (nSPS) is 12.1. The van der Waals surface area contributed by atoms with Crippen LogP contribution in [0.4, 0.5) is 0 Å². The van der Waals surface area contributed by atoms with E-state index in [0.717, 1.165) is 11.3 Å². The largest absolute Gasteiger partial charge is 0.477 e. The molecule has 6 heteroatoms. The van der Waals surface area contributed by atoms with E-state index in [-0.39, 0.29) is 16.9 Å². The fourth-order valence-corrected chi connectivity index (χ4v) is 2.00. The lowest BCUT2D eigenvalue weighted by molar-refractivity contribution is 0.0696. The van der Waals surface area contributed by atoms with E-state index in [1.165, 1.54) is 12.1 Å². The summed E-state index contributed by atoms with van der Waals surface area (Å²) in [5.41, 5.74) is 0. The molecule has 0 saturated carbocycles. The minimum absolute atomic E-state index is 0.0529. The summed E-state index contributed by atoms with van der Waals surface area (Å²) in [4.78, 5) is 22.8. The summed E-state index contributed by atoms with van der Waals surface area (Å²) in [5.74, 6) is -1.29. The van der Waals surface area contributed by atoms with E-state index in [1.54, 1.807) is 0 Å². The van der Waals surface area contributed by atoms with Gasteiger partial charge >= 0.3 is 5.97 Å². The molecule has 0 radical (unpaired) electrons. The van der Waals surface area contributed by atoms with Crippen LogP contribution in [0.2, 0.25) is 0 Å². The summed E-state index contributed by atoms with van der Waals surface area (Å²) in [6.45, 7) is 4.75. The van der Waals surface area contributed by atoms with Crippen molar-refractivity contribution in [3.05, 3.63) is 21.9 Å². The molecule has 1 heterocycles. The molecule has 0 aliphatic carbocycles. The van der Waals surface area contributed by atoms with Gasteiger partial charge in [-0.15, -0.1) is 11.3 Å². The Hall–Kier alpha value is -1.40. The monoisotopic (exact) mass is 257 g/mol. The molecular weight excluding hydrogens is 242 g/mol. The van der Waals surface area contributed by atoms with E-state index in [4.69, 9.17) is 9.84 Å². The average molecular weight is 257 g/mol. The van der Waals surface area contributed by atoms with Crippen LogP contribution in [0.1, 0.15) is 33.2 Å². The van der Waals surface area contributed by atoms with Crippen LogP contribution < -0.4 is 5.32 Å². The zero-order chi connectivity index (χ0) is 12.8. The number of ether oxygens (including phenoxy) is 1. The molecule has 1 rings (SSSR count). The molecule has 1 aromatic rings.